The molecule has 0 aromatic rings. The van der Waals surface area contributed by atoms with Crippen molar-refractivity contribution in [3.05, 3.63) is 0 Å². The predicted molar refractivity (Wildman–Crippen MR) is 128 cm³/mol. The topological polar surface area (TPSA) is 177 Å². The first-order chi connectivity index (χ1) is 15.3. The van der Waals surface area contributed by atoms with Gasteiger partial charge in [-0.2, -0.15) is 0 Å². The molecule has 10 nitrogen and oxygen atoms in total. The summed E-state index contributed by atoms with van der Waals surface area (Å²) in [5.74, 6) is -2.61. The van der Waals surface area contributed by atoms with Crippen molar-refractivity contribution in [2.45, 2.75) is 97.8 Å². The average molecular weight is 472 g/mol. The van der Waals surface area contributed by atoms with Gasteiger partial charge in [-0.05, 0) is 56.4 Å². The van der Waals surface area contributed by atoms with Gasteiger partial charge in [0.15, 0.2) is 0 Å². The summed E-state index contributed by atoms with van der Waals surface area (Å²) in [6.45, 7) is 11.6. The summed E-state index contributed by atoms with van der Waals surface area (Å²) in [5, 5.41) is 17.4. The van der Waals surface area contributed by atoms with Crippen LogP contribution in [0.15, 0.2) is 0 Å². The van der Waals surface area contributed by atoms with Crippen LogP contribution >= 0.6 is 0 Å². The standard InChI is InChI=1S/C23H45N5O5/c1-13(2)11-16(25)20(29)28-19(15(5)6)22(31)26-17(9-7-8-10-24)21(30)27-18(23(32)33)12-14(3)4/h13-19H,7-12,24-25H2,1-6H3,(H,26,31)(H,27,30)(H,28,29)(H,32,33). The highest BCUT2D eigenvalue weighted by Crippen LogP contribution is 2.10. The van der Waals surface area contributed by atoms with Crippen LogP contribution < -0.4 is 27.4 Å². The predicted octanol–water partition coefficient (Wildman–Crippen LogP) is 0.730. The molecule has 0 aliphatic carbocycles. The molecule has 0 aliphatic rings. The first kappa shape index (κ1) is 30.8. The number of hydrogen-bond acceptors (Lipinski definition) is 6. The Bertz CT molecular complexity index is 639. The Morgan fingerprint density at radius 2 is 1.30 bits per heavy atom. The first-order valence-electron chi connectivity index (χ1n) is 11.9. The number of rotatable bonds is 16. The minimum absolute atomic E-state index is 0.0623. The summed E-state index contributed by atoms with van der Waals surface area (Å²) in [6, 6.07) is -3.62. The van der Waals surface area contributed by atoms with E-state index >= 15 is 0 Å². The maximum absolute atomic E-state index is 13.0. The number of unbranched alkanes of at least 4 members (excludes halogenated alkanes) is 1. The summed E-state index contributed by atoms with van der Waals surface area (Å²) in [7, 11) is 0. The van der Waals surface area contributed by atoms with E-state index in [9.17, 15) is 24.3 Å². The zero-order valence-electron chi connectivity index (χ0n) is 21.0. The van der Waals surface area contributed by atoms with Crippen LogP contribution in [0.5, 0.6) is 0 Å². The van der Waals surface area contributed by atoms with Crippen LogP contribution in [0.1, 0.15) is 73.6 Å². The summed E-state index contributed by atoms with van der Waals surface area (Å²) in [6.07, 6.45) is 2.28. The van der Waals surface area contributed by atoms with Crippen LogP contribution in [0.3, 0.4) is 0 Å². The molecular weight excluding hydrogens is 426 g/mol. The van der Waals surface area contributed by atoms with Gasteiger partial charge in [-0.25, -0.2) is 4.79 Å². The number of carboxylic acids is 1. The number of nitrogens with two attached hydrogens (primary N) is 2. The number of carbonyl (C=O) groups is 4. The van der Waals surface area contributed by atoms with Crippen LogP contribution in [-0.4, -0.2) is 59.5 Å². The Morgan fingerprint density at radius 1 is 0.758 bits per heavy atom. The van der Waals surface area contributed by atoms with Crippen molar-refractivity contribution >= 4 is 23.7 Å². The van der Waals surface area contributed by atoms with Crippen LogP contribution in [0.25, 0.3) is 0 Å². The van der Waals surface area contributed by atoms with E-state index in [0.29, 0.717) is 32.2 Å². The Morgan fingerprint density at radius 3 is 1.76 bits per heavy atom. The molecule has 0 bridgehead atoms. The number of carbonyl (C=O) groups excluding carboxylic acids is 3. The zero-order chi connectivity index (χ0) is 25.7. The fourth-order valence-electron chi connectivity index (χ4n) is 3.40. The molecule has 0 aromatic heterocycles. The molecule has 0 heterocycles. The quantitative estimate of drug-likeness (QED) is 0.180. The smallest absolute Gasteiger partial charge is 0.326 e. The lowest BCUT2D eigenvalue weighted by molar-refractivity contribution is -0.143. The van der Waals surface area contributed by atoms with Gasteiger partial charge < -0.3 is 32.5 Å². The van der Waals surface area contributed by atoms with Gasteiger partial charge in [-0.3, -0.25) is 14.4 Å². The Hall–Kier alpha value is -2.20. The molecular formula is C23H45N5O5. The minimum atomic E-state index is -1.13. The van der Waals surface area contributed by atoms with Gasteiger partial charge in [0.1, 0.15) is 18.1 Å². The van der Waals surface area contributed by atoms with E-state index in [-0.39, 0.29) is 24.2 Å². The van der Waals surface area contributed by atoms with E-state index < -0.39 is 47.9 Å². The van der Waals surface area contributed by atoms with E-state index in [2.05, 4.69) is 16.0 Å². The van der Waals surface area contributed by atoms with Gasteiger partial charge in [0.05, 0.1) is 6.04 Å². The van der Waals surface area contributed by atoms with Gasteiger partial charge >= 0.3 is 5.97 Å². The van der Waals surface area contributed by atoms with Gasteiger partial charge in [0.2, 0.25) is 17.7 Å². The molecule has 0 radical (unpaired) electrons. The molecule has 10 heteroatoms. The molecule has 0 saturated heterocycles. The molecule has 0 saturated carbocycles. The van der Waals surface area contributed by atoms with Crippen LogP contribution in [-0.2, 0) is 19.2 Å². The lowest BCUT2D eigenvalue weighted by atomic mass is 9.99. The number of aliphatic carboxylic acids is 1. The monoisotopic (exact) mass is 471 g/mol. The van der Waals surface area contributed by atoms with Crippen molar-refractivity contribution in [2.24, 2.45) is 29.2 Å². The summed E-state index contributed by atoms with van der Waals surface area (Å²) < 4.78 is 0. The van der Waals surface area contributed by atoms with Crippen molar-refractivity contribution in [1.29, 1.82) is 0 Å². The van der Waals surface area contributed by atoms with Crippen LogP contribution in [0.2, 0.25) is 0 Å². The number of hydrogen-bond donors (Lipinski definition) is 6. The molecule has 4 unspecified atom stereocenters. The van der Waals surface area contributed by atoms with E-state index in [1.807, 2.05) is 27.7 Å². The molecule has 4 atom stereocenters. The summed E-state index contributed by atoms with van der Waals surface area (Å²) >= 11 is 0. The molecule has 3 amide bonds. The number of nitrogens with one attached hydrogen (secondary N) is 3. The molecule has 0 fully saturated rings. The third-order valence-electron chi connectivity index (χ3n) is 5.21. The lowest BCUT2D eigenvalue weighted by Crippen LogP contribution is -2.58. The van der Waals surface area contributed by atoms with Crippen LogP contribution in [0.4, 0.5) is 0 Å². The van der Waals surface area contributed by atoms with E-state index in [4.69, 9.17) is 11.5 Å². The maximum Gasteiger partial charge on any atom is 0.326 e. The maximum atomic E-state index is 13.0. The van der Waals surface area contributed by atoms with E-state index in [1.165, 1.54) is 0 Å². The van der Waals surface area contributed by atoms with Gasteiger partial charge in [0.25, 0.3) is 0 Å². The highest BCUT2D eigenvalue weighted by Gasteiger charge is 2.31. The Labute approximate surface area is 198 Å². The highest BCUT2D eigenvalue weighted by molar-refractivity contribution is 5.94. The highest BCUT2D eigenvalue weighted by atomic mass is 16.4. The fourth-order valence-corrected chi connectivity index (χ4v) is 3.40. The SMILES string of the molecule is CC(C)CC(N)C(=O)NC(C(=O)NC(CCCCN)C(=O)NC(CC(C)C)C(=O)O)C(C)C. The largest absolute Gasteiger partial charge is 0.480 e. The summed E-state index contributed by atoms with van der Waals surface area (Å²) in [5.41, 5.74) is 11.5. The van der Waals surface area contributed by atoms with Crippen molar-refractivity contribution in [1.82, 2.24) is 16.0 Å². The third-order valence-corrected chi connectivity index (χ3v) is 5.21. The third kappa shape index (κ3) is 12.6. The molecule has 0 aromatic carbocycles. The van der Waals surface area contributed by atoms with Crippen LogP contribution in [0, 0.1) is 17.8 Å². The Kier molecular flexibility index (Phi) is 14.6. The number of carboxylic acid groups (broad SMARTS) is 1. The van der Waals surface area contributed by atoms with Gasteiger partial charge in [-0.1, -0.05) is 41.5 Å². The van der Waals surface area contributed by atoms with Crippen molar-refractivity contribution in [3.8, 4) is 0 Å². The second-order valence-corrected chi connectivity index (χ2v) is 9.84. The molecule has 192 valence electrons. The average Bonchev–Trinajstić information content (AvgIpc) is 2.69. The zero-order valence-corrected chi connectivity index (χ0v) is 21.0. The fraction of sp³-hybridized carbons (Fsp3) is 0.826. The minimum Gasteiger partial charge on any atom is -0.480 e. The Balaban J connectivity index is 5.43. The lowest BCUT2D eigenvalue weighted by Gasteiger charge is -2.27. The second kappa shape index (κ2) is 15.6. The first-order valence-corrected chi connectivity index (χ1v) is 11.9. The molecule has 0 rings (SSSR count). The van der Waals surface area contributed by atoms with E-state index in [1.54, 1.807) is 13.8 Å². The van der Waals surface area contributed by atoms with Gasteiger partial charge in [-0.15, -0.1) is 0 Å². The second-order valence-electron chi connectivity index (χ2n) is 9.84. The summed E-state index contributed by atoms with van der Waals surface area (Å²) in [4.78, 5) is 49.9. The van der Waals surface area contributed by atoms with E-state index in [0.717, 1.165) is 0 Å². The molecule has 0 aliphatic heterocycles. The molecule has 33 heavy (non-hydrogen) atoms. The molecule has 0 spiro atoms. The number of amides is 3. The van der Waals surface area contributed by atoms with Crippen molar-refractivity contribution in [3.63, 3.8) is 0 Å². The normalized spacial score (nSPS) is 15.1. The van der Waals surface area contributed by atoms with Crippen molar-refractivity contribution in [2.75, 3.05) is 6.54 Å². The van der Waals surface area contributed by atoms with Crippen molar-refractivity contribution < 1.29 is 24.3 Å². The molecule has 8 N–H and O–H groups in total. The van der Waals surface area contributed by atoms with Gasteiger partial charge in [0, 0.05) is 0 Å².